The molecule has 38 heavy (non-hydrogen) atoms. The molecule has 0 bridgehead atoms. The number of aromatic nitrogens is 2. The van der Waals surface area contributed by atoms with Gasteiger partial charge in [-0.3, -0.25) is 0 Å². The molecule has 0 aliphatic heterocycles. The fourth-order valence-corrected chi connectivity index (χ4v) is 6.08. The SMILES string of the molecule is Cc1cccc(C)c1-c1nc2cc3ccccc3cc2[n+](C)c1-c1cc(C(C)(C)C)c2ccccc2c1C. The van der Waals surface area contributed by atoms with Crippen LogP contribution in [-0.4, -0.2) is 4.98 Å². The van der Waals surface area contributed by atoms with Crippen LogP contribution in [0.1, 0.15) is 43.0 Å². The van der Waals surface area contributed by atoms with Gasteiger partial charge in [0.1, 0.15) is 18.3 Å². The maximum atomic E-state index is 5.45. The third-order valence-corrected chi connectivity index (χ3v) is 8.09. The van der Waals surface area contributed by atoms with Crippen LogP contribution in [0, 0.1) is 20.8 Å². The summed E-state index contributed by atoms with van der Waals surface area (Å²) in [5.74, 6) is 0. The number of benzene rings is 5. The fraction of sp³-hybridized carbons (Fsp3) is 0.222. The van der Waals surface area contributed by atoms with Crippen molar-refractivity contribution in [3.8, 4) is 22.5 Å². The summed E-state index contributed by atoms with van der Waals surface area (Å²) in [6.45, 7) is 13.6. The molecule has 0 unspecified atom stereocenters. The van der Waals surface area contributed by atoms with Gasteiger partial charge in [0, 0.05) is 11.6 Å². The van der Waals surface area contributed by atoms with E-state index in [2.05, 4.69) is 138 Å². The molecule has 0 saturated carbocycles. The smallest absolute Gasteiger partial charge is 0.234 e. The predicted octanol–water partition coefficient (Wildman–Crippen LogP) is 8.92. The van der Waals surface area contributed by atoms with Crippen molar-refractivity contribution in [1.29, 1.82) is 0 Å². The van der Waals surface area contributed by atoms with Gasteiger partial charge in [0.2, 0.25) is 11.2 Å². The predicted molar refractivity (Wildman–Crippen MR) is 162 cm³/mol. The van der Waals surface area contributed by atoms with Crippen molar-refractivity contribution in [3.63, 3.8) is 0 Å². The molecule has 1 aromatic heterocycles. The van der Waals surface area contributed by atoms with E-state index in [-0.39, 0.29) is 5.41 Å². The van der Waals surface area contributed by atoms with Crippen LogP contribution in [0.25, 0.3) is 55.1 Å². The zero-order valence-electron chi connectivity index (χ0n) is 23.5. The average molecular weight is 496 g/mol. The number of fused-ring (bicyclic) bond motifs is 3. The molecule has 0 aliphatic rings. The Balaban J connectivity index is 1.82. The monoisotopic (exact) mass is 495 g/mol. The average Bonchev–Trinajstić information content (AvgIpc) is 2.88. The highest BCUT2D eigenvalue weighted by atomic mass is 15.0. The number of rotatable bonds is 2. The van der Waals surface area contributed by atoms with Crippen molar-refractivity contribution in [2.75, 3.05) is 0 Å². The fourth-order valence-electron chi connectivity index (χ4n) is 6.08. The lowest BCUT2D eigenvalue weighted by Gasteiger charge is -2.24. The summed E-state index contributed by atoms with van der Waals surface area (Å²) >= 11 is 0. The van der Waals surface area contributed by atoms with E-state index in [1.165, 1.54) is 60.6 Å². The Hall–Kier alpha value is -4.04. The first-order chi connectivity index (χ1) is 18.1. The highest BCUT2D eigenvalue weighted by Crippen LogP contribution is 2.41. The van der Waals surface area contributed by atoms with E-state index in [9.17, 15) is 0 Å². The minimum Gasteiger partial charge on any atom is -0.234 e. The molecule has 2 nitrogen and oxygen atoms in total. The van der Waals surface area contributed by atoms with E-state index >= 15 is 0 Å². The highest BCUT2D eigenvalue weighted by Gasteiger charge is 2.29. The lowest BCUT2D eigenvalue weighted by atomic mass is 9.80. The molecule has 1 heterocycles. The summed E-state index contributed by atoms with van der Waals surface area (Å²) in [4.78, 5) is 5.45. The van der Waals surface area contributed by atoms with Crippen molar-refractivity contribution in [1.82, 2.24) is 4.98 Å². The lowest BCUT2D eigenvalue weighted by molar-refractivity contribution is -0.633. The maximum absolute atomic E-state index is 5.45. The second kappa shape index (κ2) is 8.77. The van der Waals surface area contributed by atoms with Crippen molar-refractivity contribution in [3.05, 3.63) is 107 Å². The molecule has 188 valence electrons. The third-order valence-electron chi connectivity index (χ3n) is 8.09. The Morgan fingerprint density at radius 3 is 1.95 bits per heavy atom. The van der Waals surface area contributed by atoms with Crippen molar-refractivity contribution in [2.24, 2.45) is 7.05 Å². The van der Waals surface area contributed by atoms with Gasteiger partial charge in [-0.1, -0.05) is 87.5 Å². The topological polar surface area (TPSA) is 16.8 Å². The first kappa shape index (κ1) is 24.3. The van der Waals surface area contributed by atoms with Gasteiger partial charge in [-0.05, 0) is 82.1 Å². The molecule has 0 radical (unpaired) electrons. The van der Waals surface area contributed by atoms with Crippen molar-refractivity contribution in [2.45, 2.75) is 47.0 Å². The minimum absolute atomic E-state index is 0.000151. The van der Waals surface area contributed by atoms with Gasteiger partial charge in [-0.25, -0.2) is 4.98 Å². The Bertz CT molecular complexity index is 1870. The Kier molecular flexibility index (Phi) is 5.61. The molecule has 0 aliphatic carbocycles. The molecule has 0 saturated heterocycles. The van der Waals surface area contributed by atoms with Crippen LogP contribution in [0.3, 0.4) is 0 Å². The van der Waals surface area contributed by atoms with E-state index in [0.717, 1.165) is 16.7 Å². The molecule has 6 rings (SSSR count). The largest absolute Gasteiger partial charge is 0.239 e. The second-order valence-corrected chi connectivity index (χ2v) is 11.7. The third kappa shape index (κ3) is 3.79. The number of aryl methyl sites for hydroxylation is 4. The van der Waals surface area contributed by atoms with Gasteiger partial charge in [-0.2, -0.15) is 4.57 Å². The van der Waals surface area contributed by atoms with Gasteiger partial charge >= 0.3 is 0 Å². The quantitative estimate of drug-likeness (QED) is 0.173. The van der Waals surface area contributed by atoms with E-state index < -0.39 is 0 Å². The van der Waals surface area contributed by atoms with Crippen LogP contribution >= 0.6 is 0 Å². The zero-order valence-corrected chi connectivity index (χ0v) is 23.5. The van der Waals surface area contributed by atoms with Crippen molar-refractivity contribution < 1.29 is 4.57 Å². The summed E-state index contributed by atoms with van der Waals surface area (Å²) in [5.41, 5.74) is 12.0. The van der Waals surface area contributed by atoms with Crippen LogP contribution in [0.15, 0.2) is 84.9 Å². The van der Waals surface area contributed by atoms with E-state index in [1.807, 2.05) is 0 Å². The van der Waals surface area contributed by atoms with Crippen LogP contribution < -0.4 is 4.57 Å². The molecule has 0 atom stereocenters. The van der Waals surface area contributed by atoms with E-state index in [0.29, 0.717) is 0 Å². The Labute approximate surface area is 225 Å². The summed E-state index contributed by atoms with van der Waals surface area (Å²) in [5, 5.41) is 5.08. The molecule has 6 aromatic rings. The number of nitrogens with zero attached hydrogens (tertiary/aromatic N) is 2. The van der Waals surface area contributed by atoms with Gasteiger partial charge in [-0.15, -0.1) is 0 Å². The van der Waals surface area contributed by atoms with Gasteiger partial charge in [0.25, 0.3) is 0 Å². The van der Waals surface area contributed by atoms with Gasteiger partial charge in [0.05, 0.1) is 5.56 Å². The normalized spacial score (nSPS) is 12.1. The van der Waals surface area contributed by atoms with Crippen LogP contribution in [0.5, 0.6) is 0 Å². The summed E-state index contributed by atoms with van der Waals surface area (Å²) in [6, 6.07) is 30.9. The first-order valence-electron chi connectivity index (χ1n) is 13.5. The summed E-state index contributed by atoms with van der Waals surface area (Å²) in [7, 11) is 2.20. The molecule has 0 fully saturated rings. The molecule has 2 heteroatoms. The molecule has 0 N–H and O–H groups in total. The molecule has 5 aromatic carbocycles. The van der Waals surface area contributed by atoms with Gasteiger partial charge < -0.3 is 0 Å². The highest BCUT2D eigenvalue weighted by molar-refractivity contribution is 5.98. The number of hydrogen-bond acceptors (Lipinski definition) is 1. The summed E-state index contributed by atoms with van der Waals surface area (Å²) in [6.07, 6.45) is 0. The zero-order chi connectivity index (χ0) is 26.8. The lowest BCUT2D eigenvalue weighted by Crippen LogP contribution is -2.34. The Morgan fingerprint density at radius 1 is 0.684 bits per heavy atom. The van der Waals surface area contributed by atoms with Gasteiger partial charge in [0.15, 0.2) is 0 Å². The molecular weight excluding hydrogens is 460 g/mol. The van der Waals surface area contributed by atoms with Crippen molar-refractivity contribution >= 4 is 32.6 Å². The standard InChI is InChI=1S/C36H35N2/c1-22-13-12-14-23(2)33(22)34-35(38(7)32-20-26-16-9-8-15-25(26)19-31(32)37-34)29-21-30(36(4,5)6)28-18-11-10-17-27(28)24(29)3/h8-21H,1-7H3/q+1. The molecular formula is C36H35N2+. The maximum Gasteiger partial charge on any atom is 0.239 e. The Morgan fingerprint density at radius 2 is 1.29 bits per heavy atom. The second-order valence-electron chi connectivity index (χ2n) is 11.7. The minimum atomic E-state index is -0.000151. The van der Waals surface area contributed by atoms with Crippen LogP contribution in [-0.2, 0) is 12.5 Å². The summed E-state index contributed by atoms with van der Waals surface area (Å²) < 4.78 is 2.37. The van der Waals surface area contributed by atoms with E-state index in [4.69, 9.17) is 4.98 Å². The van der Waals surface area contributed by atoms with Crippen LogP contribution in [0.2, 0.25) is 0 Å². The molecule has 0 amide bonds. The van der Waals surface area contributed by atoms with Crippen LogP contribution in [0.4, 0.5) is 0 Å². The first-order valence-corrected chi connectivity index (χ1v) is 13.5. The molecule has 0 spiro atoms. The number of hydrogen-bond donors (Lipinski definition) is 0. The van der Waals surface area contributed by atoms with E-state index in [1.54, 1.807) is 0 Å².